The second kappa shape index (κ2) is 10.2. The number of ether oxygens (including phenoxy) is 2. The van der Waals surface area contributed by atoms with E-state index >= 15 is 0 Å². The summed E-state index contributed by atoms with van der Waals surface area (Å²) >= 11 is 0.857. The molecule has 0 radical (unpaired) electrons. The molecule has 1 saturated heterocycles. The van der Waals surface area contributed by atoms with Crippen molar-refractivity contribution in [2.24, 2.45) is 0 Å². The third kappa shape index (κ3) is 4.66. The number of nitro groups is 1. The Morgan fingerprint density at radius 2 is 1.81 bits per heavy atom. The number of carbonyl (C=O) groups excluding carboxylic acids is 3. The van der Waals surface area contributed by atoms with Crippen LogP contribution in [0.5, 0.6) is 5.75 Å². The number of anilines is 1. The minimum absolute atomic E-state index is 0.0362. The molecule has 1 aliphatic rings. The Morgan fingerprint density at radius 3 is 2.38 bits per heavy atom. The number of amides is 1. The molecule has 0 aliphatic carbocycles. The van der Waals surface area contributed by atoms with E-state index in [1.165, 1.54) is 31.4 Å². The van der Waals surface area contributed by atoms with E-state index in [2.05, 4.69) is 4.98 Å². The fraction of sp³-hybridized carbons (Fsp3) is 0.200. The molecular formula is C25H21N3O8S. The minimum atomic E-state index is -1.16. The number of ketones is 1. The highest BCUT2D eigenvalue weighted by Crippen LogP contribution is 2.44. The number of Topliss-reactive ketones (excluding diaryl/α,β-unsaturated/α-hetero) is 1. The van der Waals surface area contributed by atoms with Gasteiger partial charge in [-0.2, -0.15) is 0 Å². The van der Waals surface area contributed by atoms with Crippen LogP contribution in [0.1, 0.15) is 39.5 Å². The second-order valence-electron chi connectivity index (χ2n) is 7.88. The summed E-state index contributed by atoms with van der Waals surface area (Å²) in [6.07, 6.45) is 0. The zero-order valence-corrected chi connectivity index (χ0v) is 20.8. The Kier molecular flexibility index (Phi) is 7.02. The van der Waals surface area contributed by atoms with Gasteiger partial charge in [0.05, 0.1) is 35.9 Å². The molecule has 4 rings (SSSR count). The average molecular weight is 524 g/mol. The van der Waals surface area contributed by atoms with Gasteiger partial charge in [0.25, 0.3) is 11.5 Å². The van der Waals surface area contributed by atoms with Crippen LogP contribution in [-0.4, -0.2) is 46.4 Å². The number of aryl methyl sites for hydroxylation is 1. The predicted molar refractivity (Wildman–Crippen MR) is 134 cm³/mol. The number of rotatable bonds is 7. The predicted octanol–water partition coefficient (Wildman–Crippen LogP) is 4.17. The summed E-state index contributed by atoms with van der Waals surface area (Å²) in [5.74, 6) is -2.48. The van der Waals surface area contributed by atoms with E-state index < -0.39 is 34.4 Å². The summed E-state index contributed by atoms with van der Waals surface area (Å²) in [6.45, 7) is 3.83. The van der Waals surface area contributed by atoms with E-state index in [0.717, 1.165) is 16.2 Å². The Morgan fingerprint density at radius 1 is 1.16 bits per heavy atom. The van der Waals surface area contributed by atoms with Crippen molar-refractivity contribution in [2.45, 2.75) is 19.9 Å². The lowest BCUT2D eigenvalue weighted by atomic mass is 9.95. The first-order valence-corrected chi connectivity index (χ1v) is 11.8. The van der Waals surface area contributed by atoms with Crippen LogP contribution in [0.2, 0.25) is 0 Å². The van der Waals surface area contributed by atoms with E-state index in [4.69, 9.17) is 9.47 Å². The van der Waals surface area contributed by atoms with Crippen LogP contribution in [0.25, 0.3) is 5.76 Å². The van der Waals surface area contributed by atoms with Crippen LogP contribution in [0.15, 0.2) is 54.1 Å². The van der Waals surface area contributed by atoms with E-state index in [1.54, 1.807) is 31.2 Å². The molecule has 1 fully saturated rings. The van der Waals surface area contributed by atoms with Crippen LogP contribution >= 0.6 is 11.3 Å². The fourth-order valence-corrected chi connectivity index (χ4v) is 4.93. The molecule has 0 bridgehead atoms. The van der Waals surface area contributed by atoms with E-state index in [1.807, 2.05) is 6.92 Å². The van der Waals surface area contributed by atoms with Crippen molar-refractivity contribution >= 4 is 45.6 Å². The number of thiazole rings is 1. The number of aliphatic hydroxyl groups excluding tert-OH is 1. The molecule has 1 aromatic heterocycles. The molecule has 0 spiro atoms. The largest absolute Gasteiger partial charge is 0.507 e. The normalized spacial score (nSPS) is 16.6. The Hall–Kier alpha value is -4.58. The molecule has 0 saturated carbocycles. The van der Waals surface area contributed by atoms with Crippen molar-refractivity contribution < 1.29 is 33.9 Å². The van der Waals surface area contributed by atoms with Gasteiger partial charge in [0.1, 0.15) is 16.4 Å². The zero-order valence-electron chi connectivity index (χ0n) is 20.0. The summed E-state index contributed by atoms with van der Waals surface area (Å²) in [5, 5.41) is 22.4. The average Bonchev–Trinajstić information content (AvgIpc) is 3.40. The van der Waals surface area contributed by atoms with Gasteiger partial charge in [0.15, 0.2) is 5.13 Å². The van der Waals surface area contributed by atoms with Crippen LogP contribution in [-0.2, 0) is 14.3 Å². The number of hydrogen-bond acceptors (Lipinski definition) is 10. The smallest absolute Gasteiger partial charge is 0.350 e. The van der Waals surface area contributed by atoms with Gasteiger partial charge in [-0.25, -0.2) is 9.78 Å². The molecule has 37 heavy (non-hydrogen) atoms. The number of methoxy groups -OCH3 is 1. The lowest BCUT2D eigenvalue weighted by Gasteiger charge is -2.23. The monoisotopic (exact) mass is 523 g/mol. The third-order valence-electron chi connectivity index (χ3n) is 5.67. The first kappa shape index (κ1) is 25.5. The molecule has 1 aliphatic heterocycles. The maximum atomic E-state index is 13.3. The summed E-state index contributed by atoms with van der Waals surface area (Å²) in [5.41, 5.74) is 0.465. The highest BCUT2D eigenvalue weighted by molar-refractivity contribution is 7.17. The molecule has 1 amide bonds. The SMILES string of the molecule is CCOc1ccc(/C(O)=C2/C(=O)C(=O)N(c3nc(C)c(C(=O)OC)s3)C2c2ccc([N+](=O)[O-])cc2)cc1. The van der Waals surface area contributed by atoms with Crippen molar-refractivity contribution in [2.75, 3.05) is 18.6 Å². The third-order valence-corrected chi connectivity index (χ3v) is 6.80. The molecular weight excluding hydrogens is 502 g/mol. The summed E-state index contributed by atoms with van der Waals surface area (Å²) in [6, 6.07) is 10.4. The molecule has 1 unspecified atom stereocenters. The van der Waals surface area contributed by atoms with Crippen molar-refractivity contribution in [3.05, 3.63) is 85.9 Å². The van der Waals surface area contributed by atoms with Crippen LogP contribution in [0.4, 0.5) is 10.8 Å². The van der Waals surface area contributed by atoms with Gasteiger partial charge >= 0.3 is 11.9 Å². The zero-order chi connectivity index (χ0) is 26.9. The Bertz CT molecular complexity index is 1430. The number of carbonyl (C=O) groups is 3. The first-order chi connectivity index (χ1) is 17.7. The molecule has 11 nitrogen and oxygen atoms in total. The van der Waals surface area contributed by atoms with Crippen molar-refractivity contribution in [1.82, 2.24) is 4.98 Å². The molecule has 190 valence electrons. The molecule has 12 heteroatoms. The van der Waals surface area contributed by atoms with Gasteiger partial charge in [-0.1, -0.05) is 11.3 Å². The van der Waals surface area contributed by atoms with Crippen LogP contribution in [0.3, 0.4) is 0 Å². The van der Waals surface area contributed by atoms with Crippen molar-refractivity contribution in [3.8, 4) is 5.75 Å². The van der Waals surface area contributed by atoms with Crippen molar-refractivity contribution in [3.63, 3.8) is 0 Å². The van der Waals surface area contributed by atoms with Crippen LogP contribution in [0, 0.1) is 17.0 Å². The molecule has 1 atom stereocenters. The minimum Gasteiger partial charge on any atom is -0.507 e. The molecule has 2 aromatic carbocycles. The number of aromatic nitrogens is 1. The van der Waals surface area contributed by atoms with E-state index in [0.29, 0.717) is 23.6 Å². The number of esters is 1. The van der Waals surface area contributed by atoms with Crippen molar-refractivity contribution in [1.29, 1.82) is 0 Å². The van der Waals surface area contributed by atoms with Gasteiger partial charge in [-0.05, 0) is 55.8 Å². The summed E-state index contributed by atoms with van der Waals surface area (Å²) < 4.78 is 10.2. The Balaban J connectivity index is 1.90. The topological polar surface area (TPSA) is 149 Å². The number of aliphatic hydroxyl groups is 1. The van der Waals surface area contributed by atoms with Crippen LogP contribution < -0.4 is 9.64 Å². The number of nitrogens with zero attached hydrogens (tertiary/aromatic N) is 3. The number of nitro benzene ring substituents is 1. The maximum Gasteiger partial charge on any atom is 0.350 e. The summed E-state index contributed by atoms with van der Waals surface area (Å²) in [7, 11) is 1.21. The van der Waals surface area contributed by atoms with E-state index in [-0.39, 0.29) is 26.8 Å². The Labute approximate surface area is 214 Å². The lowest BCUT2D eigenvalue weighted by molar-refractivity contribution is -0.384. The first-order valence-electron chi connectivity index (χ1n) is 11.0. The summed E-state index contributed by atoms with van der Waals surface area (Å²) in [4.78, 5) is 54.8. The molecule has 2 heterocycles. The van der Waals surface area contributed by atoms with Gasteiger partial charge < -0.3 is 14.6 Å². The highest BCUT2D eigenvalue weighted by Gasteiger charge is 2.48. The fourth-order valence-electron chi connectivity index (χ4n) is 3.92. The molecule has 1 N–H and O–H groups in total. The highest BCUT2D eigenvalue weighted by atomic mass is 32.1. The van der Waals surface area contributed by atoms with E-state index in [9.17, 15) is 29.6 Å². The quantitative estimate of drug-likeness (QED) is 0.120. The van der Waals surface area contributed by atoms with Gasteiger partial charge in [-0.15, -0.1) is 0 Å². The number of non-ortho nitro benzene ring substituents is 1. The van der Waals surface area contributed by atoms with Gasteiger partial charge in [0.2, 0.25) is 0 Å². The lowest BCUT2D eigenvalue weighted by Crippen LogP contribution is -2.29. The number of benzene rings is 2. The standard InChI is InChI=1S/C25H21N3O8S/c1-4-36-17-11-7-15(8-12-17)20(29)18-19(14-5-9-16(10-6-14)28(33)34)27(23(31)21(18)30)25-26-13(2)22(37-25)24(32)35-3/h5-12,19,29H,4H2,1-3H3/b20-18-. The van der Waals surface area contributed by atoms with Gasteiger partial charge in [0, 0.05) is 17.7 Å². The number of hydrogen-bond donors (Lipinski definition) is 1. The van der Waals surface area contributed by atoms with Gasteiger partial charge in [-0.3, -0.25) is 24.6 Å². The maximum absolute atomic E-state index is 13.3. The molecule has 3 aromatic rings. The second-order valence-corrected chi connectivity index (χ2v) is 8.86.